The third-order valence-corrected chi connectivity index (χ3v) is 5.90. The summed E-state index contributed by atoms with van der Waals surface area (Å²) in [6.07, 6.45) is 1.61. The lowest BCUT2D eigenvalue weighted by Crippen LogP contribution is -2.07. The topological polar surface area (TPSA) is 85.1 Å². The van der Waals surface area contributed by atoms with Crippen LogP contribution in [-0.2, 0) is 4.74 Å². The van der Waals surface area contributed by atoms with Gasteiger partial charge in [-0.15, -0.1) is 0 Å². The van der Waals surface area contributed by atoms with Crippen LogP contribution in [0.2, 0.25) is 0 Å². The molecule has 3 aromatic carbocycles. The van der Waals surface area contributed by atoms with Crippen LogP contribution in [0.25, 0.3) is 16.3 Å². The molecular weight excluding hydrogens is 442 g/mol. The van der Waals surface area contributed by atoms with E-state index < -0.39 is 5.97 Å². The molecule has 35 heavy (non-hydrogen) atoms. The van der Waals surface area contributed by atoms with E-state index in [0.717, 1.165) is 10.8 Å². The third-order valence-electron chi connectivity index (χ3n) is 5.90. The van der Waals surface area contributed by atoms with Crippen molar-refractivity contribution in [3.63, 3.8) is 0 Å². The molecule has 0 fully saturated rings. The van der Waals surface area contributed by atoms with Gasteiger partial charge in [0, 0.05) is 22.9 Å². The molecule has 5 aromatic rings. The van der Waals surface area contributed by atoms with Crippen LogP contribution in [0.1, 0.15) is 49.3 Å². The predicted molar refractivity (Wildman–Crippen MR) is 132 cm³/mol. The van der Waals surface area contributed by atoms with E-state index in [9.17, 15) is 19.5 Å². The number of aromatic nitrogens is 1. The Kier molecular flexibility index (Phi) is 5.63. The number of phenolic OH excluding ortho intramolecular Hbond substituents is 1. The number of ether oxygens (including phenoxy) is 1. The fourth-order valence-electron chi connectivity index (χ4n) is 4.14. The van der Waals surface area contributed by atoms with E-state index in [1.54, 1.807) is 35.7 Å². The van der Waals surface area contributed by atoms with Crippen LogP contribution in [0.5, 0.6) is 5.75 Å². The maximum atomic E-state index is 13.5. The van der Waals surface area contributed by atoms with E-state index in [-0.39, 0.29) is 29.5 Å². The Hall–Kier alpha value is -4.71. The summed E-state index contributed by atoms with van der Waals surface area (Å²) in [6.45, 7) is 1.88. The number of ketones is 2. The zero-order valence-corrected chi connectivity index (χ0v) is 18.9. The highest BCUT2D eigenvalue weighted by atomic mass is 16.5. The Morgan fingerprint density at radius 3 is 2.20 bits per heavy atom. The first-order valence-electron chi connectivity index (χ1n) is 11.2. The van der Waals surface area contributed by atoms with E-state index in [1.165, 1.54) is 30.3 Å². The van der Waals surface area contributed by atoms with Crippen molar-refractivity contribution in [2.45, 2.75) is 6.92 Å². The van der Waals surface area contributed by atoms with E-state index >= 15 is 0 Å². The number of benzene rings is 3. The summed E-state index contributed by atoms with van der Waals surface area (Å²) in [7, 11) is 0. The second kappa shape index (κ2) is 8.91. The van der Waals surface area contributed by atoms with Crippen molar-refractivity contribution in [1.29, 1.82) is 0 Å². The molecule has 0 spiro atoms. The fraction of sp³-hybridized carbons (Fsp3) is 0.0690. The Labute approximate surface area is 201 Å². The van der Waals surface area contributed by atoms with Gasteiger partial charge in [-0.1, -0.05) is 36.4 Å². The maximum Gasteiger partial charge on any atom is 0.340 e. The van der Waals surface area contributed by atoms with Gasteiger partial charge in [-0.05, 0) is 66.2 Å². The standard InChI is InChI=1S/C29H21NO5/c1-2-35-29(34)24-17-26(28(33)21-8-7-18-5-3-4-6-20(18)15-21)30-14-13-22(16-25(24)30)27(32)19-9-11-23(31)12-10-19/h3-17,31H,2H2,1H3. The third kappa shape index (κ3) is 4.06. The summed E-state index contributed by atoms with van der Waals surface area (Å²) in [5, 5.41) is 11.5. The zero-order valence-electron chi connectivity index (χ0n) is 18.9. The average molecular weight is 463 g/mol. The lowest BCUT2D eigenvalue weighted by Gasteiger charge is -2.07. The lowest BCUT2D eigenvalue weighted by molar-refractivity contribution is 0.0528. The predicted octanol–water partition coefficient (Wildman–Crippen LogP) is 5.44. The van der Waals surface area contributed by atoms with Crippen molar-refractivity contribution < 1.29 is 24.2 Å². The van der Waals surface area contributed by atoms with Crippen molar-refractivity contribution in [1.82, 2.24) is 4.40 Å². The quantitative estimate of drug-likeness (QED) is 0.268. The minimum absolute atomic E-state index is 0.0602. The number of rotatable bonds is 6. The molecule has 0 saturated carbocycles. The molecule has 0 amide bonds. The molecule has 0 aliphatic carbocycles. The molecule has 5 rings (SSSR count). The number of hydrogen-bond donors (Lipinski definition) is 1. The average Bonchev–Trinajstić information content (AvgIpc) is 3.27. The second-order valence-electron chi connectivity index (χ2n) is 8.10. The van der Waals surface area contributed by atoms with E-state index in [2.05, 4.69) is 0 Å². The molecule has 172 valence electrons. The molecular formula is C29H21NO5. The molecule has 0 unspecified atom stereocenters. The van der Waals surface area contributed by atoms with Gasteiger partial charge in [-0.25, -0.2) is 4.79 Å². The zero-order chi connectivity index (χ0) is 24.5. The van der Waals surface area contributed by atoms with Gasteiger partial charge in [0.2, 0.25) is 5.78 Å². The highest BCUT2D eigenvalue weighted by Crippen LogP contribution is 2.25. The van der Waals surface area contributed by atoms with Crippen LogP contribution in [0, 0.1) is 0 Å². The van der Waals surface area contributed by atoms with E-state index in [0.29, 0.717) is 27.9 Å². The fourth-order valence-corrected chi connectivity index (χ4v) is 4.14. The monoisotopic (exact) mass is 463 g/mol. The number of pyridine rings is 1. The lowest BCUT2D eigenvalue weighted by atomic mass is 10.0. The van der Waals surface area contributed by atoms with Gasteiger partial charge in [-0.3, -0.25) is 9.59 Å². The molecule has 6 nitrogen and oxygen atoms in total. The van der Waals surface area contributed by atoms with Gasteiger partial charge in [0.25, 0.3) is 0 Å². The number of carbonyl (C=O) groups excluding carboxylic acids is 3. The molecule has 0 bridgehead atoms. The molecule has 0 saturated heterocycles. The summed E-state index contributed by atoms with van der Waals surface area (Å²) in [6, 6.07) is 23.9. The summed E-state index contributed by atoms with van der Waals surface area (Å²) in [5.74, 6) is -1.04. The molecule has 0 aliphatic rings. The molecule has 2 heterocycles. The number of fused-ring (bicyclic) bond motifs is 2. The van der Waals surface area contributed by atoms with Gasteiger partial charge in [0.1, 0.15) is 5.75 Å². The summed E-state index contributed by atoms with van der Waals surface area (Å²) in [5.41, 5.74) is 2.12. The molecule has 2 aromatic heterocycles. The molecule has 6 heteroatoms. The summed E-state index contributed by atoms with van der Waals surface area (Å²) < 4.78 is 6.82. The molecule has 1 N–H and O–H groups in total. The van der Waals surface area contributed by atoms with Crippen molar-refractivity contribution in [3.8, 4) is 5.75 Å². The Morgan fingerprint density at radius 1 is 0.771 bits per heavy atom. The number of carbonyl (C=O) groups is 3. The van der Waals surface area contributed by atoms with Gasteiger partial charge in [-0.2, -0.15) is 0 Å². The van der Waals surface area contributed by atoms with Crippen molar-refractivity contribution in [3.05, 3.63) is 119 Å². The number of aromatic hydroxyl groups is 1. The summed E-state index contributed by atoms with van der Waals surface area (Å²) in [4.78, 5) is 39.3. The Morgan fingerprint density at radius 2 is 1.46 bits per heavy atom. The number of phenols is 1. The highest BCUT2D eigenvalue weighted by Gasteiger charge is 2.23. The minimum Gasteiger partial charge on any atom is -0.508 e. The van der Waals surface area contributed by atoms with Gasteiger partial charge in [0.15, 0.2) is 5.78 Å². The molecule has 0 aliphatic heterocycles. The summed E-state index contributed by atoms with van der Waals surface area (Å²) >= 11 is 0. The largest absolute Gasteiger partial charge is 0.508 e. The number of nitrogens with zero attached hydrogens (tertiary/aromatic N) is 1. The normalized spacial score (nSPS) is 11.0. The van der Waals surface area contributed by atoms with Gasteiger partial charge in [0.05, 0.1) is 23.4 Å². The molecule has 0 atom stereocenters. The molecule has 0 radical (unpaired) electrons. The SMILES string of the molecule is CCOC(=O)c1cc(C(=O)c2ccc3ccccc3c2)n2ccc(C(=O)c3ccc(O)cc3)cc12. The van der Waals surface area contributed by atoms with Crippen LogP contribution < -0.4 is 0 Å². The Balaban J connectivity index is 1.62. The minimum atomic E-state index is -0.572. The number of esters is 1. The van der Waals surface area contributed by atoms with E-state index in [4.69, 9.17) is 4.74 Å². The van der Waals surface area contributed by atoms with Crippen molar-refractivity contribution >= 4 is 33.8 Å². The maximum absolute atomic E-state index is 13.5. The first-order chi connectivity index (χ1) is 17.0. The number of hydrogen-bond acceptors (Lipinski definition) is 5. The van der Waals surface area contributed by atoms with Crippen LogP contribution in [0.15, 0.2) is 91.1 Å². The van der Waals surface area contributed by atoms with Crippen LogP contribution in [0.4, 0.5) is 0 Å². The first-order valence-corrected chi connectivity index (χ1v) is 11.2. The second-order valence-corrected chi connectivity index (χ2v) is 8.10. The van der Waals surface area contributed by atoms with Crippen LogP contribution in [0.3, 0.4) is 0 Å². The van der Waals surface area contributed by atoms with Crippen molar-refractivity contribution in [2.75, 3.05) is 6.61 Å². The Bertz CT molecular complexity index is 1610. The van der Waals surface area contributed by atoms with Crippen LogP contribution >= 0.6 is 0 Å². The first kappa shape index (κ1) is 22.1. The highest BCUT2D eigenvalue weighted by molar-refractivity contribution is 6.14. The van der Waals surface area contributed by atoms with Crippen molar-refractivity contribution in [2.24, 2.45) is 0 Å². The van der Waals surface area contributed by atoms with Gasteiger partial charge < -0.3 is 14.2 Å². The smallest absolute Gasteiger partial charge is 0.340 e. The van der Waals surface area contributed by atoms with Gasteiger partial charge >= 0.3 is 5.97 Å². The van der Waals surface area contributed by atoms with Crippen LogP contribution in [-0.4, -0.2) is 33.6 Å². The van der Waals surface area contributed by atoms with E-state index in [1.807, 2.05) is 36.4 Å².